The summed E-state index contributed by atoms with van der Waals surface area (Å²) in [5.41, 5.74) is 3.69. The fraction of sp³-hybridized carbons (Fsp3) is 0.714. The molecule has 0 fully saturated rings. The van der Waals surface area contributed by atoms with E-state index in [0.29, 0.717) is 0 Å². The van der Waals surface area contributed by atoms with Crippen molar-refractivity contribution in [3.63, 3.8) is 0 Å². The summed E-state index contributed by atoms with van der Waals surface area (Å²) < 4.78 is 0. The zero-order valence-corrected chi connectivity index (χ0v) is 19.9. The van der Waals surface area contributed by atoms with Gasteiger partial charge in [0, 0.05) is 11.1 Å². The molecule has 0 heterocycles. The van der Waals surface area contributed by atoms with Gasteiger partial charge < -0.3 is 0 Å². The number of carbonyl (C=O) groups excluding carboxylic acids is 2. The third-order valence-electron chi connectivity index (χ3n) is 6.25. The van der Waals surface area contributed by atoms with E-state index < -0.39 is 0 Å². The lowest BCUT2D eigenvalue weighted by Gasteiger charge is -2.11. The van der Waals surface area contributed by atoms with E-state index in [0.717, 1.165) is 60.5 Å². The average Bonchev–Trinajstić information content (AvgIpc) is 2.77. The van der Waals surface area contributed by atoms with Crippen molar-refractivity contribution in [2.45, 2.75) is 129 Å². The van der Waals surface area contributed by atoms with Crippen LogP contribution in [0.15, 0.2) is 12.1 Å². The Morgan fingerprint density at radius 3 is 1.10 bits per heavy atom. The smallest absolute Gasteiger partial charge is 0.150 e. The molecule has 0 radical (unpaired) electrons. The zero-order valence-electron chi connectivity index (χ0n) is 19.9. The lowest BCUT2D eigenvalue weighted by atomic mass is 9.93. The predicted octanol–water partition coefficient (Wildman–Crippen LogP) is 8.68. The quantitative estimate of drug-likeness (QED) is 0.158. The van der Waals surface area contributed by atoms with Crippen LogP contribution in [-0.4, -0.2) is 12.6 Å². The maximum absolute atomic E-state index is 11.6. The van der Waals surface area contributed by atoms with E-state index in [-0.39, 0.29) is 0 Å². The summed E-state index contributed by atoms with van der Waals surface area (Å²) in [5, 5.41) is 0. The molecular formula is C28H46O2. The number of carbonyl (C=O) groups is 2. The maximum atomic E-state index is 11.6. The lowest BCUT2D eigenvalue weighted by molar-refractivity contribution is 0.111. The minimum atomic E-state index is 0.790. The SMILES string of the molecule is CCCCCCCCCCc1cc(C=O)c(CCCCCCCCCC)cc1C=O. The Kier molecular flexibility index (Phi) is 16.3. The monoisotopic (exact) mass is 414 g/mol. The minimum Gasteiger partial charge on any atom is -0.298 e. The molecule has 0 aliphatic heterocycles. The molecule has 0 amide bonds. The summed E-state index contributed by atoms with van der Waals surface area (Å²) in [4.78, 5) is 23.3. The number of hydrogen-bond donors (Lipinski definition) is 0. The van der Waals surface area contributed by atoms with Crippen LogP contribution >= 0.6 is 0 Å². The highest BCUT2D eigenvalue weighted by atomic mass is 16.1. The number of unbranched alkanes of at least 4 members (excludes halogenated alkanes) is 14. The van der Waals surface area contributed by atoms with Crippen LogP contribution in [0, 0.1) is 0 Å². The van der Waals surface area contributed by atoms with Gasteiger partial charge in [-0.05, 0) is 48.9 Å². The van der Waals surface area contributed by atoms with Crippen molar-refractivity contribution in [1.82, 2.24) is 0 Å². The number of aldehydes is 2. The second-order valence-electron chi connectivity index (χ2n) is 8.94. The Hall–Kier alpha value is -1.44. The first-order chi connectivity index (χ1) is 14.8. The van der Waals surface area contributed by atoms with E-state index in [1.165, 1.54) is 89.9 Å². The van der Waals surface area contributed by atoms with E-state index in [2.05, 4.69) is 13.8 Å². The van der Waals surface area contributed by atoms with Gasteiger partial charge in [0.05, 0.1) is 0 Å². The molecule has 1 aromatic carbocycles. The molecule has 170 valence electrons. The summed E-state index contributed by atoms with van der Waals surface area (Å²) >= 11 is 0. The highest BCUT2D eigenvalue weighted by Gasteiger charge is 2.09. The van der Waals surface area contributed by atoms with E-state index in [1.54, 1.807) is 0 Å². The Labute approximate surface area is 186 Å². The first kappa shape index (κ1) is 26.6. The largest absolute Gasteiger partial charge is 0.298 e. The summed E-state index contributed by atoms with van der Waals surface area (Å²) in [6.45, 7) is 4.50. The molecule has 0 unspecified atom stereocenters. The van der Waals surface area contributed by atoms with Crippen LogP contribution in [0.2, 0.25) is 0 Å². The van der Waals surface area contributed by atoms with Gasteiger partial charge in [0.1, 0.15) is 12.6 Å². The van der Waals surface area contributed by atoms with E-state index in [1.807, 2.05) is 12.1 Å². The fourth-order valence-corrected chi connectivity index (χ4v) is 4.28. The molecule has 2 heteroatoms. The second kappa shape index (κ2) is 18.3. The van der Waals surface area contributed by atoms with Crippen LogP contribution in [0.4, 0.5) is 0 Å². The topological polar surface area (TPSA) is 34.1 Å². The summed E-state index contributed by atoms with van der Waals surface area (Å²) in [7, 11) is 0. The van der Waals surface area contributed by atoms with Crippen molar-refractivity contribution >= 4 is 12.6 Å². The molecule has 0 N–H and O–H groups in total. The van der Waals surface area contributed by atoms with Crippen LogP contribution in [-0.2, 0) is 12.8 Å². The van der Waals surface area contributed by atoms with Crippen molar-refractivity contribution in [2.75, 3.05) is 0 Å². The standard InChI is InChI=1S/C28H46O2/c1-3-5-7-9-11-13-15-17-19-25-21-28(24-30)26(22-27(25)23-29)20-18-16-14-12-10-8-6-4-2/h21-24H,3-20H2,1-2H3. The molecule has 0 aliphatic carbocycles. The molecule has 0 aliphatic rings. The number of hydrogen-bond acceptors (Lipinski definition) is 2. The molecule has 2 nitrogen and oxygen atoms in total. The van der Waals surface area contributed by atoms with Gasteiger partial charge in [-0.15, -0.1) is 0 Å². The average molecular weight is 415 g/mol. The third kappa shape index (κ3) is 11.7. The summed E-state index contributed by atoms with van der Waals surface area (Å²) in [6, 6.07) is 3.97. The number of benzene rings is 1. The summed E-state index contributed by atoms with van der Waals surface area (Å²) in [6.07, 6.45) is 24.3. The molecule has 30 heavy (non-hydrogen) atoms. The van der Waals surface area contributed by atoms with Crippen LogP contribution in [0.1, 0.15) is 148 Å². The van der Waals surface area contributed by atoms with Gasteiger partial charge in [-0.1, -0.05) is 104 Å². The third-order valence-corrected chi connectivity index (χ3v) is 6.25. The molecular weight excluding hydrogens is 368 g/mol. The minimum absolute atomic E-state index is 0.790. The van der Waals surface area contributed by atoms with Gasteiger partial charge in [0.15, 0.2) is 0 Å². The predicted molar refractivity (Wildman–Crippen MR) is 130 cm³/mol. The molecule has 0 saturated carbocycles. The molecule has 1 aromatic rings. The molecule has 0 atom stereocenters. The lowest BCUT2D eigenvalue weighted by Crippen LogP contribution is -2.01. The van der Waals surface area contributed by atoms with Crippen molar-refractivity contribution in [3.8, 4) is 0 Å². The van der Waals surface area contributed by atoms with Crippen LogP contribution in [0.3, 0.4) is 0 Å². The first-order valence-electron chi connectivity index (χ1n) is 12.8. The van der Waals surface area contributed by atoms with Gasteiger partial charge in [0.2, 0.25) is 0 Å². The zero-order chi connectivity index (χ0) is 21.9. The molecule has 0 bridgehead atoms. The Morgan fingerprint density at radius 2 is 0.800 bits per heavy atom. The Balaban J connectivity index is 2.41. The molecule has 1 rings (SSSR count). The fourth-order valence-electron chi connectivity index (χ4n) is 4.28. The normalized spacial score (nSPS) is 11.0. The van der Waals surface area contributed by atoms with E-state index >= 15 is 0 Å². The van der Waals surface area contributed by atoms with Gasteiger partial charge in [-0.25, -0.2) is 0 Å². The van der Waals surface area contributed by atoms with Crippen molar-refractivity contribution < 1.29 is 9.59 Å². The van der Waals surface area contributed by atoms with E-state index in [4.69, 9.17) is 0 Å². The van der Waals surface area contributed by atoms with E-state index in [9.17, 15) is 9.59 Å². The summed E-state index contributed by atoms with van der Waals surface area (Å²) in [5.74, 6) is 0. The van der Waals surface area contributed by atoms with Gasteiger partial charge >= 0.3 is 0 Å². The number of rotatable bonds is 20. The number of aryl methyl sites for hydroxylation is 2. The highest BCUT2D eigenvalue weighted by Crippen LogP contribution is 2.21. The Bertz CT molecular complexity index is 524. The molecule has 0 saturated heterocycles. The molecule has 0 aromatic heterocycles. The maximum Gasteiger partial charge on any atom is 0.150 e. The highest BCUT2D eigenvalue weighted by molar-refractivity contribution is 5.83. The van der Waals surface area contributed by atoms with Gasteiger partial charge in [-0.3, -0.25) is 9.59 Å². The van der Waals surface area contributed by atoms with Crippen LogP contribution in [0.25, 0.3) is 0 Å². The van der Waals surface area contributed by atoms with Gasteiger partial charge in [0.25, 0.3) is 0 Å². The van der Waals surface area contributed by atoms with Crippen molar-refractivity contribution in [2.24, 2.45) is 0 Å². The second-order valence-corrected chi connectivity index (χ2v) is 8.94. The van der Waals surface area contributed by atoms with Crippen LogP contribution in [0.5, 0.6) is 0 Å². The first-order valence-corrected chi connectivity index (χ1v) is 12.8. The van der Waals surface area contributed by atoms with Crippen molar-refractivity contribution in [1.29, 1.82) is 0 Å². The van der Waals surface area contributed by atoms with Gasteiger partial charge in [-0.2, -0.15) is 0 Å². The van der Waals surface area contributed by atoms with Crippen molar-refractivity contribution in [3.05, 3.63) is 34.4 Å². The molecule has 0 spiro atoms. The van der Waals surface area contributed by atoms with Crippen LogP contribution < -0.4 is 0 Å². The Morgan fingerprint density at radius 1 is 0.500 bits per heavy atom.